The molecule has 2 N–H and O–H groups in total. The van der Waals surface area contributed by atoms with Crippen molar-refractivity contribution < 1.29 is 27.8 Å². The highest BCUT2D eigenvalue weighted by molar-refractivity contribution is 5.96. The van der Waals surface area contributed by atoms with Gasteiger partial charge in [0.1, 0.15) is 17.6 Å². The first-order valence-corrected chi connectivity index (χ1v) is 6.36. The molecule has 1 heterocycles. The molecule has 1 atom stereocenters. The summed E-state index contributed by atoms with van der Waals surface area (Å²) in [6, 6.07) is 4.18. The number of ether oxygens (including phenoxy) is 3. The predicted molar refractivity (Wildman–Crippen MR) is 78.1 cm³/mol. The van der Waals surface area contributed by atoms with Crippen LogP contribution in [-0.2, 0) is 9.53 Å². The Morgan fingerprint density at radius 1 is 1.50 bits per heavy atom. The number of alkyl halides is 2. The number of hydrogen-bond donors (Lipinski definition) is 2. The first kappa shape index (κ1) is 18.4. The summed E-state index contributed by atoms with van der Waals surface area (Å²) >= 11 is 0. The lowest BCUT2D eigenvalue weighted by atomic mass is 10.2. The molecule has 22 heavy (non-hydrogen) atoms. The van der Waals surface area contributed by atoms with Crippen molar-refractivity contribution in [3.8, 4) is 11.5 Å². The summed E-state index contributed by atoms with van der Waals surface area (Å²) in [5.74, 6) is -0.160. The van der Waals surface area contributed by atoms with Crippen LogP contribution in [0.2, 0.25) is 0 Å². The molecule has 1 aromatic rings. The maximum absolute atomic E-state index is 12.4. The number of halogens is 3. The number of carbonyl (C=O) groups is 1. The summed E-state index contributed by atoms with van der Waals surface area (Å²) < 4.78 is 39.4. The van der Waals surface area contributed by atoms with Crippen molar-refractivity contribution in [3.63, 3.8) is 0 Å². The Morgan fingerprint density at radius 3 is 2.86 bits per heavy atom. The van der Waals surface area contributed by atoms with E-state index in [1.807, 2.05) is 0 Å². The van der Waals surface area contributed by atoms with Gasteiger partial charge >= 0.3 is 6.61 Å². The highest BCUT2D eigenvalue weighted by Crippen LogP contribution is 2.30. The van der Waals surface area contributed by atoms with E-state index in [1.165, 1.54) is 25.3 Å². The maximum Gasteiger partial charge on any atom is 0.387 e. The number of anilines is 1. The van der Waals surface area contributed by atoms with Gasteiger partial charge in [0, 0.05) is 19.2 Å². The van der Waals surface area contributed by atoms with Crippen LogP contribution in [0.3, 0.4) is 0 Å². The predicted octanol–water partition coefficient (Wildman–Crippen LogP) is 1.65. The van der Waals surface area contributed by atoms with Crippen molar-refractivity contribution in [2.45, 2.75) is 12.7 Å². The number of morpholine rings is 1. The van der Waals surface area contributed by atoms with Crippen LogP contribution in [0, 0.1) is 0 Å². The van der Waals surface area contributed by atoms with E-state index in [1.54, 1.807) is 0 Å². The van der Waals surface area contributed by atoms with Gasteiger partial charge in [-0.3, -0.25) is 4.79 Å². The van der Waals surface area contributed by atoms with Crippen molar-refractivity contribution in [2.75, 3.05) is 32.1 Å². The van der Waals surface area contributed by atoms with Gasteiger partial charge in [-0.15, -0.1) is 12.4 Å². The summed E-state index contributed by atoms with van der Waals surface area (Å²) in [5.41, 5.74) is 0.105. The van der Waals surface area contributed by atoms with Crippen molar-refractivity contribution in [1.29, 1.82) is 0 Å². The van der Waals surface area contributed by atoms with E-state index in [4.69, 9.17) is 9.47 Å². The van der Waals surface area contributed by atoms with E-state index in [0.717, 1.165) is 0 Å². The minimum Gasteiger partial charge on any atom is -0.497 e. The molecule has 1 aliphatic rings. The van der Waals surface area contributed by atoms with E-state index in [9.17, 15) is 13.6 Å². The van der Waals surface area contributed by atoms with Gasteiger partial charge in [0.2, 0.25) is 0 Å². The lowest BCUT2D eigenvalue weighted by molar-refractivity contribution is -0.128. The number of methoxy groups -OCH3 is 1. The molecule has 0 aliphatic carbocycles. The second kappa shape index (κ2) is 8.72. The highest BCUT2D eigenvalue weighted by Gasteiger charge is 2.23. The molecule has 0 radical (unpaired) electrons. The lowest BCUT2D eigenvalue weighted by Crippen LogP contribution is -2.45. The summed E-state index contributed by atoms with van der Waals surface area (Å²) in [7, 11) is 1.43. The first-order valence-electron chi connectivity index (χ1n) is 6.36. The fraction of sp³-hybridized carbons (Fsp3) is 0.462. The van der Waals surface area contributed by atoms with E-state index in [-0.39, 0.29) is 23.8 Å². The van der Waals surface area contributed by atoms with Crippen LogP contribution in [0.15, 0.2) is 18.2 Å². The summed E-state index contributed by atoms with van der Waals surface area (Å²) in [4.78, 5) is 12.0. The van der Waals surface area contributed by atoms with Crippen LogP contribution in [0.1, 0.15) is 0 Å². The Morgan fingerprint density at radius 2 is 2.27 bits per heavy atom. The summed E-state index contributed by atoms with van der Waals surface area (Å²) in [6.45, 7) is -1.54. The summed E-state index contributed by atoms with van der Waals surface area (Å²) in [5, 5.41) is 5.53. The third-order valence-corrected chi connectivity index (χ3v) is 2.88. The molecule has 0 saturated carbocycles. The third kappa shape index (κ3) is 4.97. The van der Waals surface area contributed by atoms with Crippen LogP contribution < -0.4 is 20.1 Å². The van der Waals surface area contributed by atoms with Crippen molar-refractivity contribution in [3.05, 3.63) is 18.2 Å². The van der Waals surface area contributed by atoms with Gasteiger partial charge in [0.05, 0.1) is 19.4 Å². The minimum atomic E-state index is -2.98. The number of carbonyl (C=O) groups excluding carboxylic acids is 1. The second-order valence-electron chi connectivity index (χ2n) is 4.29. The zero-order valence-corrected chi connectivity index (χ0v) is 12.6. The van der Waals surface area contributed by atoms with Gasteiger partial charge in [0.25, 0.3) is 5.91 Å². The molecule has 0 bridgehead atoms. The number of amides is 1. The Bertz CT molecular complexity index is 499. The topological polar surface area (TPSA) is 68.8 Å². The molecule has 6 nitrogen and oxygen atoms in total. The van der Waals surface area contributed by atoms with E-state index < -0.39 is 18.6 Å². The van der Waals surface area contributed by atoms with Gasteiger partial charge < -0.3 is 24.8 Å². The summed E-state index contributed by atoms with van der Waals surface area (Å²) in [6.07, 6.45) is -0.677. The van der Waals surface area contributed by atoms with Gasteiger partial charge in [-0.1, -0.05) is 0 Å². The molecule has 9 heteroatoms. The van der Waals surface area contributed by atoms with Crippen molar-refractivity contribution in [2.24, 2.45) is 0 Å². The molecule has 0 aromatic heterocycles. The average Bonchev–Trinajstić information content (AvgIpc) is 2.49. The first-order chi connectivity index (χ1) is 10.1. The van der Waals surface area contributed by atoms with Crippen molar-refractivity contribution >= 4 is 24.0 Å². The van der Waals surface area contributed by atoms with Gasteiger partial charge in [0.15, 0.2) is 0 Å². The SMILES string of the molecule is COc1ccc(OC(F)F)c(NC(=O)C2CNCCO2)c1.Cl. The van der Waals surface area contributed by atoms with Gasteiger partial charge in [-0.25, -0.2) is 0 Å². The zero-order chi connectivity index (χ0) is 15.2. The average molecular weight is 339 g/mol. The molecule has 0 spiro atoms. The fourth-order valence-corrected chi connectivity index (χ4v) is 1.88. The van der Waals surface area contributed by atoms with Crippen LogP contribution in [0.4, 0.5) is 14.5 Å². The Balaban J connectivity index is 0.00000242. The molecule has 1 fully saturated rings. The van der Waals surface area contributed by atoms with E-state index in [0.29, 0.717) is 25.4 Å². The largest absolute Gasteiger partial charge is 0.497 e. The van der Waals surface area contributed by atoms with Crippen LogP contribution >= 0.6 is 12.4 Å². The number of benzene rings is 1. The van der Waals surface area contributed by atoms with Crippen molar-refractivity contribution in [1.82, 2.24) is 5.32 Å². The molecule has 1 aliphatic heterocycles. The number of nitrogens with one attached hydrogen (secondary N) is 2. The standard InChI is InChI=1S/C13H16F2N2O4.ClH/c1-19-8-2-3-10(21-13(14)15)9(6-8)17-12(18)11-7-16-4-5-20-11;/h2-3,6,11,13,16H,4-5,7H2,1H3,(H,17,18);1H. The normalized spacial score (nSPS) is 17.5. The van der Waals surface area contributed by atoms with E-state index in [2.05, 4.69) is 15.4 Å². The molecule has 1 unspecified atom stereocenters. The molecule has 1 aromatic carbocycles. The molecule has 124 valence electrons. The van der Waals surface area contributed by atoms with Gasteiger partial charge in [-0.2, -0.15) is 8.78 Å². The molecule has 1 amide bonds. The van der Waals surface area contributed by atoms with Crippen LogP contribution in [0.25, 0.3) is 0 Å². The monoisotopic (exact) mass is 338 g/mol. The molecule has 2 rings (SSSR count). The maximum atomic E-state index is 12.4. The highest BCUT2D eigenvalue weighted by atomic mass is 35.5. The lowest BCUT2D eigenvalue weighted by Gasteiger charge is -2.23. The Kier molecular flexibility index (Phi) is 7.30. The molecule has 1 saturated heterocycles. The third-order valence-electron chi connectivity index (χ3n) is 2.88. The minimum absolute atomic E-state index is 0. The van der Waals surface area contributed by atoms with Crippen LogP contribution in [-0.4, -0.2) is 45.4 Å². The second-order valence-corrected chi connectivity index (χ2v) is 4.29. The van der Waals surface area contributed by atoms with E-state index >= 15 is 0 Å². The fourth-order valence-electron chi connectivity index (χ4n) is 1.88. The molecular weight excluding hydrogens is 322 g/mol. The van der Waals surface area contributed by atoms with Gasteiger partial charge in [-0.05, 0) is 12.1 Å². The smallest absolute Gasteiger partial charge is 0.387 e. The Hall–Kier alpha value is -1.64. The number of hydrogen-bond acceptors (Lipinski definition) is 5. The number of rotatable bonds is 5. The zero-order valence-electron chi connectivity index (χ0n) is 11.8. The Labute approximate surface area is 132 Å². The van der Waals surface area contributed by atoms with Crippen LogP contribution in [0.5, 0.6) is 11.5 Å². The quantitative estimate of drug-likeness (QED) is 0.854. The molecular formula is C13H17ClF2N2O4.